The Bertz CT molecular complexity index is 657. The largest absolute Gasteiger partial charge is 0.362 e. The molecule has 0 bridgehead atoms. The molecule has 0 saturated heterocycles. The number of hydrogen-bond acceptors (Lipinski definition) is 2. The van der Waals surface area contributed by atoms with Crippen molar-refractivity contribution in [1.29, 1.82) is 5.26 Å². The molecule has 0 atom stereocenters. The Balaban J connectivity index is 2.14. The molecule has 0 aliphatic rings. The number of anilines is 1. The maximum atomic E-state index is 8.98. The molecule has 1 N–H and O–H groups in total. The van der Waals surface area contributed by atoms with Gasteiger partial charge in [0.15, 0.2) is 0 Å². The van der Waals surface area contributed by atoms with E-state index in [1.807, 2.05) is 18.2 Å². The highest BCUT2D eigenvalue weighted by Gasteiger charge is 1.99. The first kappa shape index (κ1) is 13.5. The zero-order valence-electron chi connectivity index (χ0n) is 9.82. The van der Waals surface area contributed by atoms with Crippen LogP contribution >= 0.6 is 23.2 Å². The highest BCUT2D eigenvalue weighted by Crippen LogP contribution is 2.17. The minimum Gasteiger partial charge on any atom is -0.362 e. The summed E-state index contributed by atoms with van der Waals surface area (Å²) in [4.78, 5) is 0. The molecule has 0 saturated carbocycles. The quantitative estimate of drug-likeness (QED) is 0.884. The van der Waals surface area contributed by atoms with Gasteiger partial charge in [0.2, 0.25) is 0 Å². The number of rotatable bonds is 3. The van der Waals surface area contributed by atoms with Crippen LogP contribution in [0.1, 0.15) is 11.1 Å². The van der Waals surface area contributed by atoms with Gasteiger partial charge in [0.1, 0.15) is 6.07 Å². The average Bonchev–Trinajstić information content (AvgIpc) is 2.40. The smallest absolute Gasteiger partial charge is 0.100 e. The lowest BCUT2D eigenvalue weighted by molar-refractivity contribution is 1.46. The molecule has 0 unspecified atom stereocenters. The van der Waals surface area contributed by atoms with E-state index in [0.717, 1.165) is 11.3 Å². The van der Waals surface area contributed by atoms with Crippen molar-refractivity contribution in [2.75, 3.05) is 5.32 Å². The molecule has 0 amide bonds. The van der Waals surface area contributed by atoms with Crippen LogP contribution in [-0.2, 0) is 0 Å². The van der Waals surface area contributed by atoms with Gasteiger partial charge < -0.3 is 5.32 Å². The van der Waals surface area contributed by atoms with E-state index in [1.54, 1.807) is 30.5 Å². The molecule has 0 fully saturated rings. The van der Waals surface area contributed by atoms with E-state index in [1.165, 1.54) is 0 Å². The third-order valence-corrected chi connectivity index (χ3v) is 2.85. The predicted octanol–water partition coefficient (Wildman–Crippen LogP) is 4.75. The summed E-state index contributed by atoms with van der Waals surface area (Å²) in [5.74, 6) is 0. The molecule has 1 radical (unpaired) electrons. The number of nitrogens with zero attached hydrogens (tertiary/aromatic N) is 1. The highest BCUT2D eigenvalue weighted by molar-refractivity contribution is 6.31. The summed E-state index contributed by atoms with van der Waals surface area (Å²) < 4.78 is 0. The zero-order chi connectivity index (χ0) is 13.7. The van der Waals surface area contributed by atoms with Crippen LogP contribution in [0, 0.1) is 17.4 Å². The van der Waals surface area contributed by atoms with Crippen molar-refractivity contribution in [1.82, 2.24) is 0 Å². The summed E-state index contributed by atoms with van der Waals surface area (Å²) in [7, 11) is 0. The summed E-state index contributed by atoms with van der Waals surface area (Å²) in [5, 5.41) is 13.2. The monoisotopic (exact) mass is 287 g/mol. The topological polar surface area (TPSA) is 35.8 Å². The third kappa shape index (κ3) is 3.75. The van der Waals surface area contributed by atoms with Crippen LogP contribution in [-0.4, -0.2) is 0 Å². The van der Waals surface area contributed by atoms with Crippen LogP contribution in [0.5, 0.6) is 0 Å². The number of hydrogen-bond donors (Lipinski definition) is 1. The zero-order valence-corrected chi connectivity index (χ0v) is 11.3. The first-order chi connectivity index (χ1) is 9.19. The third-order valence-electron chi connectivity index (χ3n) is 2.39. The molecular weight excluding hydrogens is 279 g/mol. The van der Waals surface area contributed by atoms with E-state index in [-0.39, 0.29) is 0 Å². The van der Waals surface area contributed by atoms with E-state index < -0.39 is 0 Å². The van der Waals surface area contributed by atoms with Gasteiger partial charge in [0.25, 0.3) is 0 Å². The Labute approximate surface area is 121 Å². The molecule has 2 aromatic rings. The van der Waals surface area contributed by atoms with Gasteiger partial charge in [-0.05, 0) is 35.9 Å². The van der Waals surface area contributed by atoms with Crippen molar-refractivity contribution in [2.24, 2.45) is 0 Å². The fraction of sp³-hybridized carbons (Fsp3) is 0. The van der Waals surface area contributed by atoms with Crippen LogP contribution in [0.2, 0.25) is 10.0 Å². The number of nitriles is 1. The Morgan fingerprint density at radius 2 is 2.05 bits per heavy atom. The lowest BCUT2D eigenvalue weighted by Gasteiger charge is -2.01. The second kappa shape index (κ2) is 6.29. The minimum absolute atomic E-state index is 0.414. The second-order valence-corrected chi connectivity index (χ2v) is 4.58. The van der Waals surface area contributed by atoms with Gasteiger partial charge in [-0.3, -0.25) is 0 Å². The minimum atomic E-state index is 0.414. The Hall–Kier alpha value is -1.95. The summed E-state index contributed by atoms with van der Waals surface area (Å²) in [5.41, 5.74) is 2.04. The van der Waals surface area contributed by atoms with Crippen LogP contribution in [0.3, 0.4) is 0 Å². The summed E-state index contributed by atoms with van der Waals surface area (Å²) >= 11 is 11.7. The van der Waals surface area contributed by atoms with Crippen molar-refractivity contribution in [3.63, 3.8) is 0 Å². The van der Waals surface area contributed by atoms with Crippen molar-refractivity contribution in [3.05, 3.63) is 69.8 Å². The second-order valence-electron chi connectivity index (χ2n) is 3.74. The Morgan fingerprint density at radius 3 is 2.79 bits per heavy atom. The van der Waals surface area contributed by atoms with Crippen LogP contribution in [0.4, 0.5) is 5.69 Å². The molecule has 2 aromatic carbocycles. The first-order valence-corrected chi connectivity index (χ1v) is 6.25. The van der Waals surface area contributed by atoms with Crippen molar-refractivity contribution < 1.29 is 0 Å². The van der Waals surface area contributed by atoms with E-state index in [9.17, 15) is 0 Å². The lowest BCUT2D eigenvalue weighted by Crippen LogP contribution is -1.88. The normalized spacial score (nSPS) is 10.4. The average molecular weight is 288 g/mol. The van der Waals surface area contributed by atoms with Gasteiger partial charge in [0.05, 0.1) is 5.56 Å². The predicted molar refractivity (Wildman–Crippen MR) is 79.1 cm³/mol. The Morgan fingerprint density at radius 1 is 1.21 bits per heavy atom. The van der Waals surface area contributed by atoms with Crippen LogP contribution in [0.25, 0.3) is 6.08 Å². The van der Waals surface area contributed by atoms with Gasteiger partial charge in [-0.15, -0.1) is 0 Å². The molecule has 0 aliphatic carbocycles. The van der Waals surface area contributed by atoms with Gasteiger partial charge in [-0.25, -0.2) is 0 Å². The maximum Gasteiger partial charge on any atom is 0.100 e. The van der Waals surface area contributed by atoms with E-state index in [2.05, 4.69) is 17.5 Å². The SMILES string of the molecule is N#Cc1[c]c(Cl)ccc1C=CNc1cccc(Cl)c1. The van der Waals surface area contributed by atoms with Gasteiger partial charge in [0, 0.05) is 28.0 Å². The van der Waals surface area contributed by atoms with Gasteiger partial charge >= 0.3 is 0 Å². The van der Waals surface area contributed by atoms with Crippen molar-refractivity contribution in [3.8, 4) is 6.07 Å². The summed E-state index contributed by atoms with van der Waals surface area (Å²) in [6, 6.07) is 15.7. The van der Waals surface area contributed by atoms with Crippen molar-refractivity contribution in [2.45, 2.75) is 0 Å². The highest BCUT2D eigenvalue weighted by atomic mass is 35.5. The molecule has 0 heterocycles. The summed E-state index contributed by atoms with van der Waals surface area (Å²) in [6.45, 7) is 0. The maximum absolute atomic E-state index is 8.98. The molecule has 0 spiro atoms. The van der Waals surface area contributed by atoms with Gasteiger partial charge in [-0.1, -0.05) is 35.3 Å². The molecule has 0 aliphatic heterocycles. The number of nitrogens with one attached hydrogen (secondary N) is 1. The lowest BCUT2D eigenvalue weighted by atomic mass is 10.1. The van der Waals surface area contributed by atoms with E-state index in [4.69, 9.17) is 28.5 Å². The molecule has 19 heavy (non-hydrogen) atoms. The van der Waals surface area contributed by atoms with Gasteiger partial charge in [-0.2, -0.15) is 5.26 Å². The molecule has 2 nitrogen and oxygen atoms in total. The molecule has 4 heteroatoms. The number of benzene rings is 2. The van der Waals surface area contributed by atoms with E-state index >= 15 is 0 Å². The molecule has 2 rings (SSSR count). The molecule has 0 aromatic heterocycles. The van der Waals surface area contributed by atoms with Crippen LogP contribution in [0.15, 0.2) is 42.6 Å². The van der Waals surface area contributed by atoms with Crippen molar-refractivity contribution >= 4 is 35.0 Å². The first-order valence-electron chi connectivity index (χ1n) is 5.49. The fourth-order valence-corrected chi connectivity index (χ4v) is 1.86. The van der Waals surface area contributed by atoms with E-state index in [0.29, 0.717) is 15.6 Å². The number of halogens is 2. The standard InChI is InChI=1S/C15H9Cl2N2/c16-13-2-1-3-15(9-13)19-7-6-11-4-5-14(17)8-12(11)10-18/h1-7,9,19H. The Kier molecular flexibility index (Phi) is 4.46. The molecule has 93 valence electrons. The van der Waals surface area contributed by atoms with Crippen LogP contribution < -0.4 is 5.32 Å². The molecular formula is C15H9Cl2N2. The summed E-state index contributed by atoms with van der Waals surface area (Å²) in [6.07, 6.45) is 3.52. The fourth-order valence-electron chi connectivity index (χ4n) is 1.52.